The normalized spacial score (nSPS) is 17.0. The third kappa shape index (κ3) is 2.95. The summed E-state index contributed by atoms with van der Waals surface area (Å²) in [6, 6.07) is 12.4. The standard InChI is InChI=1S/C18H19N3O3/c1-12-4-6-13(7-5-12)16-3-2-10-20(16)18(22)14-8-9-15(19)17(11-14)21(23)24/h4-9,11,16H,2-3,10,19H2,1H3. The molecule has 0 spiro atoms. The number of hydrogen-bond donors (Lipinski definition) is 1. The zero-order valence-corrected chi connectivity index (χ0v) is 13.4. The molecule has 0 radical (unpaired) electrons. The van der Waals surface area contributed by atoms with E-state index in [2.05, 4.69) is 0 Å². The lowest BCUT2D eigenvalue weighted by Gasteiger charge is -2.25. The molecule has 2 aromatic carbocycles. The van der Waals surface area contributed by atoms with E-state index in [-0.39, 0.29) is 23.3 Å². The minimum atomic E-state index is -0.562. The van der Waals surface area contributed by atoms with Crippen molar-refractivity contribution in [2.45, 2.75) is 25.8 Å². The number of nitro benzene ring substituents is 1. The first-order valence-corrected chi connectivity index (χ1v) is 7.89. The van der Waals surface area contributed by atoms with Crippen LogP contribution >= 0.6 is 0 Å². The average molecular weight is 325 g/mol. The molecule has 1 saturated heterocycles. The number of anilines is 1. The van der Waals surface area contributed by atoms with Crippen LogP contribution in [0.25, 0.3) is 0 Å². The molecular weight excluding hydrogens is 306 g/mol. The highest BCUT2D eigenvalue weighted by Gasteiger charge is 2.31. The summed E-state index contributed by atoms with van der Waals surface area (Å²) in [7, 11) is 0. The Balaban J connectivity index is 1.90. The molecule has 0 saturated carbocycles. The Morgan fingerprint density at radius 2 is 1.96 bits per heavy atom. The molecule has 0 bridgehead atoms. The van der Waals surface area contributed by atoms with Crippen LogP contribution in [-0.4, -0.2) is 22.3 Å². The first-order valence-electron chi connectivity index (χ1n) is 7.89. The van der Waals surface area contributed by atoms with Crippen molar-refractivity contribution < 1.29 is 9.72 Å². The fourth-order valence-electron chi connectivity index (χ4n) is 3.15. The fraction of sp³-hybridized carbons (Fsp3) is 0.278. The fourth-order valence-corrected chi connectivity index (χ4v) is 3.15. The maximum atomic E-state index is 12.8. The van der Waals surface area contributed by atoms with Gasteiger partial charge in [0.2, 0.25) is 0 Å². The number of nitrogens with zero attached hydrogens (tertiary/aromatic N) is 2. The molecule has 24 heavy (non-hydrogen) atoms. The largest absolute Gasteiger partial charge is 0.393 e. The Hall–Kier alpha value is -2.89. The number of hydrogen-bond acceptors (Lipinski definition) is 4. The number of rotatable bonds is 3. The van der Waals surface area contributed by atoms with E-state index in [4.69, 9.17) is 5.73 Å². The number of nitrogens with two attached hydrogens (primary N) is 1. The van der Waals surface area contributed by atoms with Crippen LogP contribution in [0, 0.1) is 17.0 Å². The van der Waals surface area contributed by atoms with Gasteiger partial charge >= 0.3 is 0 Å². The monoisotopic (exact) mass is 325 g/mol. The zero-order chi connectivity index (χ0) is 17.3. The van der Waals surface area contributed by atoms with E-state index in [1.54, 1.807) is 11.0 Å². The highest BCUT2D eigenvalue weighted by molar-refractivity contribution is 5.96. The van der Waals surface area contributed by atoms with E-state index in [1.807, 2.05) is 31.2 Å². The van der Waals surface area contributed by atoms with Crippen LogP contribution in [0.3, 0.4) is 0 Å². The van der Waals surface area contributed by atoms with Gasteiger partial charge in [0, 0.05) is 18.2 Å². The van der Waals surface area contributed by atoms with Gasteiger partial charge in [-0.3, -0.25) is 14.9 Å². The highest BCUT2D eigenvalue weighted by Crippen LogP contribution is 2.34. The third-order valence-electron chi connectivity index (χ3n) is 4.45. The van der Waals surface area contributed by atoms with Crippen molar-refractivity contribution in [2.75, 3.05) is 12.3 Å². The molecule has 0 aliphatic carbocycles. The molecule has 1 unspecified atom stereocenters. The quantitative estimate of drug-likeness (QED) is 0.531. The second kappa shape index (κ2) is 6.31. The second-order valence-corrected chi connectivity index (χ2v) is 6.10. The first kappa shape index (κ1) is 16.0. The molecular formula is C18H19N3O3. The molecule has 1 aliphatic heterocycles. The Kier molecular flexibility index (Phi) is 4.20. The first-order chi connectivity index (χ1) is 11.5. The number of nitro groups is 1. The van der Waals surface area contributed by atoms with Crippen LogP contribution in [0.15, 0.2) is 42.5 Å². The molecule has 1 atom stereocenters. The Morgan fingerprint density at radius 1 is 1.25 bits per heavy atom. The Bertz CT molecular complexity index is 787. The van der Waals surface area contributed by atoms with Gasteiger partial charge in [-0.15, -0.1) is 0 Å². The van der Waals surface area contributed by atoms with E-state index >= 15 is 0 Å². The third-order valence-corrected chi connectivity index (χ3v) is 4.45. The van der Waals surface area contributed by atoms with Crippen molar-refractivity contribution in [3.8, 4) is 0 Å². The predicted molar refractivity (Wildman–Crippen MR) is 91.7 cm³/mol. The molecule has 0 aromatic heterocycles. The SMILES string of the molecule is Cc1ccc(C2CCCN2C(=O)c2ccc(N)c([N+](=O)[O-])c2)cc1. The van der Waals surface area contributed by atoms with Crippen molar-refractivity contribution in [3.05, 3.63) is 69.3 Å². The van der Waals surface area contributed by atoms with Crippen molar-refractivity contribution in [3.63, 3.8) is 0 Å². The topological polar surface area (TPSA) is 89.5 Å². The molecule has 1 heterocycles. The molecule has 124 valence electrons. The smallest absolute Gasteiger partial charge is 0.292 e. The summed E-state index contributed by atoms with van der Waals surface area (Å²) in [6.45, 7) is 2.67. The van der Waals surface area contributed by atoms with Crippen LogP contribution in [0.1, 0.15) is 40.4 Å². The molecule has 1 amide bonds. The van der Waals surface area contributed by atoms with Crippen LogP contribution in [0.5, 0.6) is 0 Å². The van der Waals surface area contributed by atoms with Crippen molar-refractivity contribution in [1.82, 2.24) is 4.90 Å². The molecule has 6 heteroatoms. The number of aryl methyl sites for hydroxylation is 1. The zero-order valence-electron chi connectivity index (χ0n) is 13.4. The van der Waals surface area contributed by atoms with Gasteiger partial charge in [-0.2, -0.15) is 0 Å². The lowest BCUT2D eigenvalue weighted by molar-refractivity contribution is -0.383. The summed E-state index contributed by atoms with van der Waals surface area (Å²) in [4.78, 5) is 25.1. The van der Waals surface area contributed by atoms with Gasteiger partial charge < -0.3 is 10.6 Å². The van der Waals surface area contributed by atoms with Crippen LogP contribution in [-0.2, 0) is 0 Å². The average Bonchev–Trinajstić information content (AvgIpc) is 3.04. The maximum absolute atomic E-state index is 12.8. The summed E-state index contributed by atoms with van der Waals surface area (Å²) in [5, 5.41) is 11.0. The summed E-state index contributed by atoms with van der Waals surface area (Å²) >= 11 is 0. The van der Waals surface area contributed by atoms with Gasteiger partial charge in [-0.1, -0.05) is 29.8 Å². The van der Waals surface area contributed by atoms with Crippen LogP contribution in [0.2, 0.25) is 0 Å². The van der Waals surface area contributed by atoms with Gasteiger partial charge in [-0.05, 0) is 37.5 Å². The van der Waals surface area contributed by atoms with Crippen LogP contribution in [0.4, 0.5) is 11.4 Å². The van der Waals surface area contributed by atoms with E-state index in [9.17, 15) is 14.9 Å². The van der Waals surface area contributed by atoms with E-state index < -0.39 is 4.92 Å². The number of carbonyl (C=O) groups is 1. The van der Waals surface area contributed by atoms with Crippen molar-refractivity contribution in [2.24, 2.45) is 0 Å². The lowest BCUT2D eigenvalue weighted by atomic mass is 10.0. The summed E-state index contributed by atoms with van der Waals surface area (Å²) in [5.74, 6) is -0.193. The minimum Gasteiger partial charge on any atom is -0.393 e. The Morgan fingerprint density at radius 3 is 2.62 bits per heavy atom. The number of likely N-dealkylation sites (tertiary alicyclic amines) is 1. The van der Waals surface area contributed by atoms with Gasteiger partial charge in [0.1, 0.15) is 5.69 Å². The van der Waals surface area contributed by atoms with E-state index in [1.165, 1.54) is 17.7 Å². The summed E-state index contributed by atoms with van der Waals surface area (Å²) in [6.07, 6.45) is 1.81. The number of benzene rings is 2. The van der Waals surface area contributed by atoms with E-state index in [0.29, 0.717) is 12.1 Å². The summed E-state index contributed by atoms with van der Waals surface area (Å²) in [5.41, 5.74) is 8.01. The number of nitrogen functional groups attached to an aromatic ring is 1. The molecule has 6 nitrogen and oxygen atoms in total. The second-order valence-electron chi connectivity index (χ2n) is 6.10. The van der Waals surface area contributed by atoms with Crippen molar-refractivity contribution in [1.29, 1.82) is 0 Å². The van der Waals surface area contributed by atoms with Gasteiger partial charge in [0.25, 0.3) is 11.6 Å². The molecule has 2 aromatic rings. The minimum absolute atomic E-state index is 0.00899. The highest BCUT2D eigenvalue weighted by atomic mass is 16.6. The molecule has 2 N–H and O–H groups in total. The van der Waals surface area contributed by atoms with Gasteiger partial charge in [0.05, 0.1) is 11.0 Å². The van der Waals surface area contributed by atoms with Gasteiger partial charge in [-0.25, -0.2) is 0 Å². The van der Waals surface area contributed by atoms with Crippen molar-refractivity contribution >= 4 is 17.3 Å². The lowest BCUT2D eigenvalue weighted by Crippen LogP contribution is -2.30. The molecule has 3 rings (SSSR count). The predicted octanol–water partition coefficient (Wildman–Crippen LogP) is 3.46. The van der Waals surface area contributed by atoms with Crippen LogP contribution < -0.4 is 5.73 Å². The maximum Gasteiger partial charge on any atom is 0.292 e. The molecule has 1 fully saturated rings. The number of amides is 1. The van der Waals surface area contributed by atoms with E-state index in [0.717, 1.165) is 18.4 Å². The number of carbonyl (C=O) groups excluding carboxylic acids is 1. The summed E-state index contributed by atoms with van der Waals surface area (Å²) < 4.78 is 0. The Labute approximate surface area is 140 Å². The van der Waals surface area contributed by atoms with Gasteiger partial charge in [0.15, 0.2) is 0 Å². The molecule has 1 aliphatic rings.